The van der Waals surface area contributed by atoms with Crippen molar-refractivity contribution in [2.24, 2.45) is 0 Å². The number of unbranched alkanes of at least 4 members (excludes halogenated alkanes) is 2. The summed E-state index contributed by atoms with van der Waals surface area (Å²) in [4.78, 5) is 29.3. The molecule has 2 heterocycles. The van der Waals surface area contributed by atoms with Crippen LogP contribution in [0.4, 0.5) is 0 Å². The first-order valence-electron chi connectivity index (χ1n) is 11.0. The molecule has 3 rings (SSSR count). The van der Waals surface area contributed by atoms with Gasteiger partial charge < -0.3 is 10.1 Å². The monoisotopic (exact) mass is 461 g/mol. The summed E-state index contributed by atoms with van der Waals surface area (Å²) in [5.41, 5.74) is 0.999. The van der Waals surface area contributed by atoms with Gasteiger partial charge in [0.15, 0.2) is 0 Å². The molecule has 0 atom stereocenters. The molecule has 31 heavy (non-hydrogen) atoms. The van der Waals surface area contributed by atoms with E-state index in [0.29, 0.717) is 22.2 Å². The second-order valence-electron chi connectivity index (χ2n) is 7.71. The molecule has 0 aliphatic carbocycles. The smallest absolute Gasteiger partial charge is 0.266 e. The van der Waals surface area contributed by atoms with Crippen LogP contribution in [0.3, 0.4) is 0 Å². The van der Waals surface area contributed by atoms with E-state index in [9.17, 15) is 9.59 Å². The number of rotatable bonds is 11. The lowest BCUT2D eigenvalue weighted by molar-refractivity contribution is -0.122. The van der Waals surface area contributed by atoms with E-state index >= 15 is 0 Å². The molecule has 1 N–H and O–H groups in total. The zero-order valence-corrected chi connectivity index (χ0v) is 19.5. The molecule has 2 amide bonds. The van der Waals surface area contributed by atoms with E-state index in [-0.39, 0.29) is 11.8 Å². The zero-order chi connectivity index (χ0) is 21.9. The predicted octanol–water partition coefficient (Wildman–Crippen LogP) is 3.29. The largest absolute Gasteiger partial charge is 0.379 e. The zero-order valence-electron chi connectivity index (χ0n) is 17.9. The van der Waals surface area contributed by atoms with Gasteiger partial charge in [-0.25, -0.2) is 0 Å². The second-order valence-corrected chi connectivity index (χ2v) is 9.39. The Morgan fingerprint density at radius 3 is 2.65 bits per heavy atom. The summed E-state index contributed by atoms with van der Waals surface area (Å²) >= 11 is 6.75. The van der Waals surface area contributed by atoms with Crippen LogP contribution in [0, 0.1) is 0 Å². The number of thiocarbonyl (C=S) groups is 1. The topological polar surface area (TPSA) is 61.9 Å². The van der Waals surface area contributed by atoms with Crippen LogP contribution < -0.4 is 5.32 Å². The lowest BCUT2D eigenvalue weighted by atomic mass is 10.1. The molecule has 0 saturated carbocycles. The highest BCUT2D eigenvalue weighted by atomic mass is 32.2. The molecule has 8 heteroatoms. The van der Waals surface area contributed by atoms with Gasteiger partial charge in [-0.2, -0.15) is 0 Å². The number of benzene rings is 1. The molecular formula is C23H31N3O3S2. The van der Waals surface area contributed by atoms with Gasteiger partial charge in [0.2, 0.25) is 5.91 Å². The Hall–Kier alpha value is -1.74. The van der Waals surface area contributed by atoms with E-state index in [4.69, 9.17) is 17.0 Å². The van der Waals surface area contributed by atoms with Crippen LogP contribution in [-0.4, -0.2) is 71.9 Å². The van der Waals surface area contributed by atoms with Crippen LogP contribution in [0.5, 0.6) is 0 Å². The van der Waals surface area contributed by atoms with Crippen molar-refractivity contribution in [3.63, 3.8) is 0 Å². The molecule has 0 bridgehead atoms. The van der Waals surface area contributed by atoms with Gasteiger partial charge in [-0.05, 0) is 37.4 Å². The lowest BCUT2D eigenvalue weighted by Crippen LogP contribution is -2.38. The first-order valence-corrected chi connectivity index (χ1v) is 12.2. The fourth-order valence-electron chi connectivity index (χ4n) is 3.57. The Kier molecular flexibility index (Phi) is 9.99. The van der Waals surface area contributed by atoms with Crippen LogP contribution in [0.1, 0.15) is 37.7 Å². The van der Waals surface area contributed by atoms with Crippen molar-refractivity contribution in [2.75, 3.05) is 45.9 Å². The van der Waals surface area contributed by atoms with Gasteiger partial charge in [0.25, 0.3) is 5.91 Å². The Morgan fingerprint density at radius 1 is 1.10 bits per heavy atom. The van der Waals surface area contributed by atoms with E-state index in [1.807, 2.05) is 36.4 Å². The highest BCUT2D eigenvalue weighted by Crippen LogP contribution is 2.32. The normalized spacial score (nSPS) is 18.7. The first-order chi connectivity index (χ1) is 15.1. The fourth-order valence-corrected chi connectivity index (χ4v) is 4.88. The average Bonchev–Trinajstić information content (AvgIpc) is 3.05. The van der Waals surface area contributed by atoms with Crippen LogP contribution in [0.2, 0.25) is 0 Å². The molecule has 2 fully saturated rings. The standard InChI is InChI=1S/C23H31N3O3S2/c27-21(24-11-7-12-25-14-16-29-17-15-25)10-5-2-6-13-26-22(28)20(31-23(26)30)18-19-8-3-1-4-9-19/h1,3-4,8-9,18H,2,5-7,10-17H2,(H,24,27)/b20-18-. The van der Waals surface area contributed by atoms with Crippen molar-refractivity contribution in [1.29, 1.82) is 0 Å². The molecule has 2 saturated heterocycles. The summed E-state index contributed by atoms with van der Waals surface area (Å²) < 4.78 is 5.95. The molecule has 2 aliphatic heterocycles. The SMILES string of the molecule is O=C(CCCCCN1C(=O)/C(=C/c2ccccc2)SC1=S)NCCCN1CCOCC1. The van der Waals surface area contributed by atoms with E-state index in [1.165, 1.54) is 11.8 Å². The van der Waals surface area contributed by atoms with Crippen molar-refractivity contribution in [2.45, 2.75) is 32.1 Å². The van der Waals surface area contributed by atoms with Crippen molar-refractivity contribution in [3.8, 4) is 0 Å². The minimum absolute atomic E-state index is 0.0168. The summed E-state index contributed by atoms with van der Waals surface area (Å²) in [6, 6.07) is 9.80. The van der Waals surface area contributed by atoms with Crippen LogP contribution in [-0.2, 0) is 14.3 Å². The van der Waals surface area contributed by atoms with Gasteiger partial charge >= 0.3 is 0 Å². The molecule has 0 spiro atoms. The third-order valence-electron chi connectivity index (χ3n) is 5.33. The molecule has 0 aromatic heterocycles. The number of nitrogens with one attached hydrogen (secondary N) is 1. The number of nitrogens with zero attached hydrogens (tertiary/aromatic N) is 2. The maximum atomic E-state index is 12.6. The van der Waals surface area contributed by atoms with Gasteiger partial charge in [0.05, 0.1) is 18.1 Å². The van der Waals surface area contributed by atoms with Gasteiger partial charge in [0, 0.05) is 32.6 Å². The molecule has 1 aromatic carbocycles. The first kappa shape index (κ1) is 23.9. The second kappa shape index (κ2) is 13.0. The third kappa shape index (κ3) is 8.03. The number of hydrogen-bond acceptors (Lipinski definition) is 6. The van der Waals surface area contributed by atoms with Crippen LogP contribution >= 0.6 is 24.0 Å². The highest BCUT2D eigenvalue weighted by molar-refractivity contribution is 8.26. The minimum atomic E-state index is -0.0168. The molecular weight excluding hydrogens is 430 g/mol. The third-order valence-corrected chi connectivity index (χ3v) is 6.71. The van der Waals surface area contributed by atoms with Crippen molar-refractivity contribution >= 4 is 46.2 Å². The summed E-state index contributed by atoms with van der Waals surface area (Å²) in [7, 11) is 0. The Labute approximate surface area is 194 Å². The molecule has 2 aliphatic rings. The summed E-state index contributed by atoms with van der Waals surface area (Å²) in [6.07, 6.45) is 5.96. The minimum Gasteiger partial charge on any atom is -0.379 e. The molecule has 168 valence electrons. The number of amides is 2. The number of carbonyl (C=O) groups is 2. The number of morpholine rings is 1. The van der Waals surface area contributed by atoms with Gasteiger partial charge in [-0.1, -0.05) is 60.7 Å². The average molecular weight is 462 g/mol. The molecule has 0 radical (unpaired) electrons. The number of carbonyl (C=O) groups excluding carboxylic acids is 2. The number of ether oxygens (including phenoxy) is 1. The van der Waals surface area contributed by atoms with Gasteiger partial charge in [0.1, 0.15) is 4.32 Å². The van der Waals surface area contributed by atoms with Crippen molar-refractivity contribution in [1.82, 2.24) is 15.1 Å². The van der Waals surface area contributed by atoms with Gasteiger partial charge in [-0.15, -0.1) is 0 Å². The lowest BCUT2D eigenvalue weighted by Gasteiger charge is -2.26. The molecule has 0 unspecified atom stereocenters. The number of hydrogen-bond donors (Lipinski definition) is 1. The van der Waals surface area contributed by atoms with E-state index < -0.39 is 0 Å². The van der Waals surface area contributed by atoms with Crippen LogP contribution in [0.25, 0.3) is 6.08 Å². The summed E-state index contributed by atoms with van der Waals surface area (Å²) in [5.74, 6) is 0.0928. The van der Waals surface area contributed by atoms with Gasteiger partial charge in [-0.3, -0.25) is 19.4 Å². The summed E-state index contributed by atoms with van der Waals surface area (Å²) in [5, 5.41) is 3.00. The maximum Gasteiger partial charge on any atom is 0.266 e. The van der Waals surface area contributed by atoms with Crippen molar-refractivity contribution in [3.05, 3.63) is 40.8 Å². The Balaban J connectivity index is 1.26. The maximum absolute atomic E-state index is 12.6. The molecule has 6 nitrogen and oxygen atoms in total. The van der Waals surface area contributed by atoms with Crippen molar-refractivity contribution < 1.29 is 14.3 Å². The van der Waals surface area contributed by atoms with E-state index in [0.717, 1.165) is 70.6 Å². The van der Waals surface area contributed by atoms with E-state index in [1.54, 1.807) is 4.90 Å². The summed E-state index contributed by atoms with van der Waals surface area (Å²) in [6.45, 7) is 5.93. The predicted molar refractivity (Wildman–Crippen MR) is 130 cm³/mol. The Bertz CT molecular complexity index is 780. The Morgan fingerprint density at radius 2 is 1.87 bits per heavy atom. The van der Waals surface area contributed by atoms with Crippen LogP contribution in [0.15, 0.2) is 35.2 Å². The highest BCUT2D eigenvalue weighted by Gasteiger charge is 2.31. The fraction of sp³-hybridized carbons (Fsp3) is 0.522. The quantitative estimate of drug-likeness (QED) is 0.310. The number of thioether (sulfide) groups is 1. The van der Waals surface area contributed by atoms with E-state index in [2.05, 4.69) is 10.2 Å². The molecule has 1 aromatic rings.